The van der Waals surface area contributed by atoms with Gasteiger partial charge in [0.2, 0.25) is 0 Å². The van der Waals surface area contributed by atoms with E-state index in [-0.39, 0.29) is 10.6 Å². The maximum absolute atomic E-state index is 13.4. The van der Waals surface area contributed by atoms with Crippen molar-refractivity contribution in [1.29, 1.82) is 0 Å². The maximum Gasteiger partial charge on any atom is 0.258 e. The molecule has 0 bridgehead atoms. The second-order valence-electron chi connectivity index (χ2n) is 4.36. The molecule has 1 heterocycles. The van der Waals surface area contributed by atoms with Gasteiger partial charge in [0.25, 0.3) is 6.43 Å². The number of hydrogen-bond acceptors (Lipinski definition) is 3. The van der Waals surface area contributed by atoms with E-state index in [9.17, 15) is 18.3 Å². The molecule has 2 N–H and O–H groups in total. The van der Waals surface area contributed by atoms with Crippen LogP contribution in [0.1, 0.15) is 11.6 Å². The van der Waals surface area contributed by atoms with E-state index in [0.29, 0.717) is 26.2 Å². The molecule has 1 aromatic carbocycles. The molecule has 0 amide bonds. The summed E-state index contributed by atoms with van der Waals surface area (Å²) in [5.74, 6) is -1.74. The quantitative estimate of drug-likeness (QED) is 0.898. The lowest BCUT2D eigenvalue weighted by molar-refractivity contribution is 0.0168. The SMILES string of the molecule is Oc1c(F)ccc(Cl)c1[C@H](C(F)F)N1CCNCC1. The zero-order chi connectivity index (χ0) is 14.0. The second-order valence-corrected chi connectivity index (χ2v) is 4.76. The van der Waals surface area contributed by atoms with Crippen molar-refractivity contribution >= 4 is 11.6 Å². The van der Waals surface area contributed by atoms with Gasteiger partial charge in [0.05, 0.1) is 0 Å². The Labute approximate surface area is 114 Å². The molecule has 2 rings (SSSR count). The Morgan fingerprint density at radius 3 is 2.47 bits per heavy atom. The van der Waals surface area contributed by atoms with Crippen LogP contribution in [0.25, 0.3) is 0 Å². The summed E-state index contributed by atoms with van der Waals surface area (Å²) in [6, 6.07) is 0.746. The first-order valence-electron chi connectivity index (χ1n) is 5.92. The summed E-state index contributed by atoms with van der Waals surface area (Å²) in [5, 5.41) is 12.7. The molecule has 0 unspecified atom stereocenters. The number of phenols is 1. The zero-order valence-corrected chi connectivity index (χ0v) is 10.8. The molecule has 1 aromatic rings. The predicted octanol–water partition coefficient (Wildman–Crippen LogP) is 2.40. The first-order valence-corrected chi connectivity index (χ1v) is 6.30. The molecule has 19 heavy (non-hydrogen) atoms. The van der Waals surface area contributed by atoms with Crippen LogP contribution in [0, 0.1) is 5.82 Å². The Bertz CT molecular complexity index is 453. The molecular weight excluding hydrogens is 281 g/mol. The standard InChI is InChI=1S/C12H14ClF3N2O/c13-7-1-2-8(14)11(19)9(7)10(12(15)16)18-5-3-17-4-6-18/h1-2,10,12,17,19H,3-6H2/t10-/m1/s1. The highest BCUT2D eigenvalue weighted by Gasteiger charge is 2.34. The van der Waals surface area contributed by atoms with Crippen molar-refractivity contribution in [3.63, 3.8) is 0 Å². The first-order chi connectivity index (χ1) is 9.02. The minimum absolute atomic E-state index is 0.0530. The fourth-order valence-electron chi connectivity index (χ4n) is 2.27. The summed E-state index contributed by atoms with van der Waals surface area (Å²) in [5.41, 5.74) is -0.237. The lowest BCUT2D eigenvalue weighted by Crippen LogP contribution is -2.47. The van der Waals surface area contributed by atoms with E-state index < -0.39 is 24.0 Å². The number of aromatic hydroxyl groups is 1. The van der Waals surface area contributed by atoms with Crippen LogP contribution >= 0.6 is 11.6 Å². The van der Waals surface area contributed by atoms with Crippen molar-refractivity contribution in [2.45, 2.75) is 12.5 Å². The van der Waals surface area contributed by atoms with Crippen LogP contribution in [-0.4, -0.2) is 42.6 Å². The number of alkyl halides is 2. The van der Waals surface area contributed by atoms with Gasteiger partial charge in [-0.1, -0.05) is 11.6 Å². The van der Waals surface area contributed by atoms with E-state index in [0.717, 1.165) is 6.07 Å². The largest absolute Gasteiger partial charge is 0.505 e. The number of hydrogen-bond donors (Lipinski definition) is 2. The van der Waals surface area contributed by atoms with E-state index in [1.54, 1.807) is 0 Å². The van der Waals surface area contributed by atoms with Gasteiger partial charge in [-0.05, 0) is 12.1 Å². The Hall–Kier alpha value is -0.980. The molecule has 7 heteroatoms. The summed E-state index contributed by atoms with van der Waals surface area (Å²) < 4.78 is 40.0. The Kier molecular flexibility index (Phi) is 4.54. The minimum Gasteiger partial charge on any atom is -0.505 e. The summed E-state index contributed by atoms with van der Waals surface area (Å²) >= 11 is 5.86. The number of nitrogens with zero attached hydrogens (tertiary/aromatic N) is 1. The van der Waals surface area contributed by atoms with E-state index in [1.165, 1.54) is 11.0 Å². The molecule has 106 valence electrons. The molecule has 1 aliphatic rings. The number of benzene rings is 1. The van der Waals surface area contributed by atoms with Gasteiger partial charge >= 0.3 is 0 Å². The van der Waals surface area contributed by atoms with Gasteiger partial charge in [0, 0.05) is 36.8 Å². The van der Waals surface area contributed by atoms with Crippen molar-refractivity contribution in [2.75, 3.05) is 26.2 Å². The van der Waals surface area contributed by atoms with Crippen molar-refractivity contribution in [2.24, 2.45) is 0 Å². The second kappa shape index (κ2) is 5.98. The predicted molar refractivity (Wildman–Crippen MR) is 66.3 cm³/mol. The first kappa shape index (κ1) is 14.4. The van der Waals surface area contributed by atoms with Crippen molar-refractivity contribution in [3.8, 4) is 5.75 Å². The van der Waals surface area contributed by atoms with Crippen LogP contribution in [-0.2, 0) is 0 Å². The summed E-state index contributed by atoms with van der Waals surface area (Å²) in [7, 11) is 0. The van der Waals surface area contributed by atoms with E-state index in [4.69, 9.17) is 11.6 Å². The van der Waals surface area contributed by atoms with E-state index in [2.05, 4.69) is 5.32 Å². The fourth-order valence-corrected chi connectivity index (χ4v) is 2.53. The van der Waals surface area contributed by atoms with Crippen LogP contribution in [0.15, 0.2) is 12.1 Å². The monoisotopic (exact) mass is 294 g/mol. The molecule has 0 aromatic heterocycles. The fraction of sp³-hybridized carbons (Fsp3) is 0.500. The van der Waals surface area contributed by atoms with Gasteiger partial charge in [-0.2, -0.15) is 0 Å². The van der Waals surface area contributed by atoms with Crippen molar-refractivity contribution in [1.82, 2.24) is 10.2 Å². The molecule has 3 nitrogen and oxygen atoms in total. The number of nitrogens with one attached hydrogen (secondary N) is 1. The van der Waals surface area contributed by atoms with Gasteiger partial charge < -0.3 is 10.4 Å². The van der Waals surface area contributed by atoms with Crippen LogP contribution in [0.4, 0.5) is 13.2 Å². The number of phenolic OH excluding ortho intramolecular Hbond substituents is 1. The zero-order valence-electron chi connectivity index (χ0n) is 10.0. The van der Waals surface area contributed by atoms with Gasteiger partial charge in [-0.15, -0.1) is 0 Å². The maximum atomic E-state index is 13.4. The van der Waals surface area contributed by atoms with Crippen LogP contribution in [0.2, 0.25) is 5.02 Å². The van der Waals surface area contributed by atoms with Gasteiger partial charge in [-0.3, -0.25) is 4.90 Å². The van der Waals surface area contributed by atoms with E-state index in [1.807, 2.05) is 0 Å². The minimum atomic E-state index is -2.76. The van der Waals surface area contributed by atoms with Gasteiger partial charge in [-0.25, -0.2) is 13.2 Å². The molecule has 1 fully saturated rings. The highest BCUT2D eigenvalue weighted by atomic mass is 35.5. The molecule has 0 saturated carbocycles. The Morgan fingerprint density at radius 2 is 1.89 bits per heavy atom. The van der Waals surface area contributed by atoms with Crippen LogP contribution in [0.3, 0.4) is 0 Å². The number of halogens is 4. The average molecular weight is 295 g/mol. The van der Waals surface area contributed by atoms with Crippen LogP contribution < -0.4 is 5.32 Å². The molecule has 1 saturated heterocycles. The number of piperazine rings is 1. The van der Waals surface area contributed by atoms with Gasteiger partial charge in [0.15, 0.2) is 11.6 Å². The lowest BCUT2D eigenvalue weighted by Gasteiger charge is -2.35. The molecule has 1 atom stereocenters. The number of rotatable bonds is 3. The smallest absolute Gasteiger partial charge is 0.258 e. The normalized spacial score (nSPS) is 18.8. The average Bonchev–Trinajstić information content (AvgIpc) is 2.39. The molecule has 0 radical (unpaired) electrons. The molecule has 0 aliphatic carbocycles. The lowest BCUT2D eigenvalue weighted by atomic mass is 10.0. The van der Waals surface area contributed by atoms with Crippen molar-refractivity contribution < 1.29 is 18.3 Å². The summed E-state index contributed by atoms with van der Waals surface area (Å²) in [4.78, 5) is 1.50. The van der Waals surface area contributed by atoms with Crippen molar-refractivity contribution in [3.05, 3.63) is 28.5 Å². The third-order valence-electron chi connectivity index (χ3n) is 3.19. The highest BCUT2D eigenvalue weighted by Crippen LogP contribution is 2.39. The highest BCUT2D eigenvalue weighted by molar-refractivity contribution is 6.31. The van der Waals surface area contributed by atoms with Crippen LogP contribution in [0.5, 0.6) is 5.75 Å². The summed E-state index contributed by atoms with van der Waals surface area (Å²) in [6.45, 7) is 1.91. The third kappa shape index (κ3) is 2.96. The van der Waals surface area contributed by atoms with Gasteiger partial charge in [0.1, 0.15) is 6.04 Å². The Morgan fingerprint density at radius 1 is 1.26 bits per heavy atom. The Balaban J connectivity index is 2.41. The topological polar surface area (TPSA) is 35.5 Å². The molecular formula is C12H14ClF3N2O. The van der Waals surface area contributed by atoms with E-state index >= 15 is 0 Å². The molecule has 0 spiro atoms. The summed E-state index contributed by atoms with van der Waals surface area (Å²) in [6.07, 6.45) is -2.76. The molecule has 1 aliphatic heterocycles. The third-order valence-corrected chi connectivity index (χ3v) is 3.52.